The number of imidazole rings is 1. The summed E-state index contributed by atoms with van der Waals surface area (Å²) in [6.07, 6.45) is 2.89. The Kier molecular flexibility index (Phi) is 6.22. The minimum Gasteiger partial charge on any atom is -0.487 e. The van der Waals surface area contributed by atoms with Crippen molar-refractivity contribution in [1.29, 1.82) is 0 Å². The molecule has 0 saturated carbocycles. The Morgan fingerprint density at radius 1 is 1.21 bits per heavy atom. The van der Waals surface area contributed by atoms with E-state index in [1.54, 1.807) is 49.4 Å². The normalized spacial score (nSPS) is 11.1. The molecule has 0 atom stereocenters. The van der Waals surface area contributed by atoms with Crippen LogP contribution in [-0.4, -0.2) is 32.4 Å². The Balaban J connectivity index is 1.54. The lowest BCUT2D eigenvalue weighted by Crippen LogP contribution is -2.07. The number of nitro groups is 1. The first-order valence-corrected chi connectivity index (χ1v) is 10.2. The van der Waals surface area contributed by atoms with Crippen LogP contribution in [0, 0.1) is 15.9 Å². The van der Waals surface area contributed by atoms with E-state index in [0.29, 0.717) is 22.3 Å². The Morgan fingerprint density at radius 3 is 2.56 bits per heavy atom. The smallest absolute Gasteiger partial charge is 0.313 e. The molecule has 10 heteroatoms. The quantitative estimate of drug-likeness (QED) is 0.172. The standard InChI is InChI=1S/C24H19FN4O5/c1-2-34-22-13-19-20(14-21(22)29(32)33)28(31)24(27-19)16-6-10-18(11-7-16)26-23(30)12-5-15-3-8-17(25)9-4-15/h3-14,31H,2H2,1H3,(H,26,30)/b12-5+. The summed E-state index contributed by atoms with van der Waals surface area (Å²) in [6, 6.07) is 14.9. The Morgan fingerprint density at radius 2 is 1.91 bits per heavy atom. The fourth-order valence-corrected chi connectivity index (χ4v) is 3.31. The summed E-state index contributed by atoms with van der Waals surface area (Å²) in [6.45, 7) is 1.95. The maximum atomic E-state index is 13.0. The van der Waals surface area contributed by atoms with E-state index in [1.807, 2.05) is 0 Å². The fraction of sp³-hybridized carbons (Fsp3) is 0.0833. The number of fused-ring (bicyclic) bond motifs is 1. The SMILES string of the molecule is CCOc1cc2nc(-c3ccc(NC(=O)/C=C/c4ccc(F)cc4)cc3)n(O)c2cc1[N+](=O)[O-]. The number of rotatable bonds is 7. The zero-order chi connectivity index (χ0) is 24.2. The highest BCUT2D eigenvalue weighted by molar-refractivity contribution is 6.02. The van der Waals surface area contributed by atoms with Crippen LogP contribution in [0.5, 0.6) is 5.75 Å². The number of amides is 1. The second kappa shape index (κ2) is 9.41. The van der Waals surface area contributed by atoms with E-state index in [0.717, 1.165) is 4.73 Å². The first-order valence-electron chi connectivity index (χ1n) is 10.2. The molecule has 0 fully saturated rings. The zero-order valence-corrected chi connectivity index (χ0v) is 17.9. The van der Waals surface area contributed by atoms with Gasteiger partial charge in [-0.2, -0.15) is 4.73 Å². The molecular formula is C24H19FN4O5. The van der Waals surface area contributed by atoms with Crippen LogP contribution in [0.25, 0.3) is 28.5 Å². The predicted octanol–water partition coefficient (Wildman–Crippen LogP) is 5.04. The van der Waals surface area contributed by atoms with Crippen molar-refractivity contribution in [3.05, 3.63) is 88.2 Å². The van der Waals surface area contributed by atoms with Gasteiger partial charge in [-0.05, 0) is 55.0 Å². The largest absolute Gasteiger partial charge is 0.487 e. The molecule has 9 nitrogen and oxygen atoms in total. The number of hydrogen-bond donors (Lipinski definition) is 2. The van der Waals surface area contributed by atoms with Crippen LogP contribution in [0.4, 0.5) is 15.8 Å². The highest BCUT2D eigenvalue weighted by Gasteiger charge is 2.21. The summed E-state index contributed by atoms with van der Waals surface area (Å²) in [5.74, 6) is -0.489. The average Bonchev–Trinajstić information content (AvgIpc) is 3.14. The van der Waals surface area contributed by atoms with Crippen LogP contribution in [0.3, 0.4) is 0 Å². The average molecular weight is 462 g/mol. The minimum atomic E-state index is -0.584. The molecule has 3 aromatic carbocycles. The summed E-state index contributed by atoms with van der Waals surface area (Å²) >= 11 is 0. The Bertz CT molecular complexity index is 1400. The maximum absolute atomic E-state index is 13.0. The van der Waals surface area contributed by atoms with E-state index in [-0.39, 0.29) is 41.1 Å². The van der Waals surface area contributed by atoms with E-state index < -0.39 is 4.92 Å². The Labute approximate surface area is 192 Å². The summed E-state index contributed by atoms with van der Waals surface area (Å²) in [5, 5.41) is 24.6. The lowest BCUT2D eigenvalue weighted by atomic mass is 10.2. The molecule has 0 radical (unpaired) electrons. The van der Waals surface area contributed by atoms with Gasteiger partial charge in [0.15, 0.2) is 11.6 Å². The number of benzene rings is 3. The molecule has 0 aliphatic carbocycles. The topological polar surface area (TPSA) is 120 Å². The number of nitro benzene ring substituents is 1. The lowest BCUT2D eigenvalue weighted by Gasteiger charge is -2.05. The van der Waals surface area contributed by atoms with Gasteiger partial charge in [0.25, 0.3) is 0 Å². The van der Waals surface area contributed by atoms with Gasteiger partial charge in [0.2, 0.25) is 5.91 Å². The van der Waals surface area contributed by atoms with Crippen molar-refractivity contribution in [3.8, 4) is 17.1 Å². The second-order valence-corrected chi connectivity index (χ2v) is 7.20. The molecule has 1 aromatic heterocycles. The van der Waals surface area contributed by atoms with Crippen LogP contribution in [0.15, 0.2) is 66.7 Å². The molecule has 0 aliphatic heterocycles. The van der Waals surface area contributed by atoms with Crippen molar-refractivity contribution in [2.45, 2.75) is 6.92 Å². The van der Waals surface area contributed by atoms with Crippen molar-refractivity contribution in [3.63, 3.8) is 0 Å². The van der Waals surface area contributed by atoms with Gasteiger partial charge in [-0.15, -0.1) is 0 Å². The fourth-order valence-electron chi connectivity index (χ4n) is 3.31. The molecule has 34 heavy (non-hydrogen) atoms. The molecule has 0 unspecified atom stereocenters. The highest BCUT2D eigenvalue weighted by Crippen LogP contribution is 2.34. The van der Waals surface area contributed by atoms with Crippen LogP contribution >= 0.6 is 0 Å². The molecule has 1 amide bonds. The number of nitrogens with zero attached hydrogens (tertiary/aromatic N) is 3. The van der Waals surface area contributed by atoms with E-state index >= 15 is 0 Å². The van der Waals surface area contributed by atoms with Crippen LogP contribution in [-0.2, 0) is 4.79 Å². The van der Waals surface area contributed by atoms with E-state index in [2.05, 4.69) is 10.3 Å². The van der Waals surface area contributed by atoms with Crippen molar-refractivity contribution < 1.29 is 24.1 Å². The number of nitrogens with one attached hydrogen (secondary N) is 1. The zero-order valence-electron chi connectivity index (χ0n) is 17.9. The third-order valence-electron chi connectivity index (χ3n) is 4.92. The lowest BCUT2D eigenvalue weighted by molar-refractivity contribution is -0.385. The van der Waals surface area contributed by atoms with Gasteiger partial charge >= 0.3 is 5.69 Å². The van der Waals surface area contributed by atoms with Gasteiger partial charge in [-0.1, -0.05) is 12.1 Å². The molecule has 4 rings (SSSR count). The summed E-state index contributed by atoms with van der Waals surface area (Å²) < 4.78 is 19.1. The van der Waals surface area contributed by atoms with Crippen molar-refractivity contribution in [1.82, 2.24) is 9.71 Å². The summed E-state index contributed by atoms with van der Waals surface area (Å²) in [5.41, 5.74) is 1.93. The van der Waals surface area contributed by atoms with Gasteiger partial charge in [-0.25, -0.2) is 9.37 Å². The van der Waals surface area contributed by atoms with E-state index in [4.69, 9.17) is 4.74 Å². The van der Waals surface area contributed by atoms with Crippen molar-refractivity contribution in [2.75, 3.05) is 11.9 Å². The van der Waals surface area contributed by atoms with Crippen LogP contribution < -0.4 is 10.1 Å². The highest BCUT2D eigenvalue weighted by atomic mass is 19.1. The van der Waals surface area contributed by atoms with Crippen LogP contribution in [0.2, 0.25) is 0 Å². The van der Waals surface area contributed by atoms with Crippen molar-refractivity contribution in [2.24, 2.45) is 0 Å². The van der Waals surface area contributed by atoms with Gasteiger partial charge in [0.1, 0.15) is 11.3 Å². The molecule has 0 aliphatic rings. The summed E-state index contributed by atoms with van der Waals surface area (Å²) in [4.78, 5) is 27.3. The molecule has 0 spiro atoms. The third-order valence-corrected chi connectivity index (χ3v) is 4.92. The maximum Gasteiger partial charge on any atom is 0.313 e. The van der Waals surface area contributed by atoms with E-state index in [1.165, 1.54) is 30.3 Å². The molecular weight excluding hydrogens is 443 g/mol. The molecule has 0 bridgehead atoms. The molecule has 4 aromatic rings. The first kappa shape index (κ1) is 22.5. The first-order chi connectivity index (χ1) is 16.4. The third kappa shape index (κ3) is 4.70. The minimum absolute atomic E-state index is 0.0661. The monoisotopic (exact) mass is 462 g/mol. The van der Waals surface area contributed by atoms with Gasteiger partial charge in [0, 0.05) is 29.5 Å². The molecule has 0 saturated heterocycles. The number of aromatic nitrogens is 2. The van der Waals surface area contributed by atoms with Gasteiger partial charge in [0.05, 0.1) is 17.0 Å². The molecule has 2 N–H and O–H groups in total. The molecule has 1 heterocycles. The van der Waals surface area contributed by atoms with Crippen molar-refractivity contribution >= 4 is 34.4 Å². The van der Waals surface area contributed by atoms with Crippen LogP contribution in [0.1, 0.15) is 12.5 Å². The number of halogens is 1. The number of carbonyl (C=O) groups excluding carboxylic acids is 1. The van der Waals surface area contributed by atoms with Gasteiger partial charge < -0.3 is 15.3 Å². The summed E-state index contributed by atoms with van der Waals surface area (Å²) in [7, 11) is 0. The number of carbonyl (C=O) groups is 1. The Hall–Kier alpha value is -4.73. The van der Waals surface area contributed by atoms with Gasteiger partial charge in [-0.3, -0.25) is 14.9 Å². The molecule has 172 valence electrons. The van der Waals surface area contributed by atoms with E-state index in [9.17, 15) is 24.5 Å². The number of hydrogen-bond acceptors (Lipinski definition) is 6. The second-order valence-electron chi connectivity index (χ2n) is 7.20. The predicted molar refractivity (Wildman–Crippen MR) is 124 cm³/mol. The number of ether oxygens (including phenoxy) is 1. The number of anilines is 1.